The molecule has 26 heavy (non-hydrogen) atoms. The van der Waals surface area contributed by atoms with Crippen LogP contribution in [0.2, 0.25) is 0 Å². The van der Waals surface area contributed by atoms with E-state index in [1.54, 1.807) is 22.7 Å². The fraction of sp³-hybridized carbons (Fsp3) is 0. The molecule has 0 spiro atoms. The third kappa shape index (κ3) is 2.67. The zero-order valence-corrected chi connectivity index (χ0v) is 18.3. The van der Waals surface area contributed by atoms with Gasteiger partial charge in [0.05, 0.1) is 7.57 Å². The smallest absolute Gasteiger partial charge is 0.0789 e. The van der Waals surface area contributed by atoms with Crippen molar-refractivity contribution in [1.82, 2.24) is 0 Å². The number of thiophene rings is 2. The fourth-order valence-electron chi connectivity index (χ4n) is 3.37. The van der Waals surface area contributed by atoms with E-state index < -0.39 is 0 Å². The molecule has 0 aliphatic heterocycles. The summed E-state index contributed by atoms with van der Waals surface area (Å²) in [5.41, 5.74) is 5.06. The van der Waals surface area contributed by atoms with Gasteiger partial charge in [-0.1, -0.05) is 60.7 Å². The molecule has 0 unspecified atom stereocenters. The molecule has 0 atom stereocenters. The van der Waals surface area contributed by atoms with Gasteiger partial charge in [-0.3, -0.25) is 0 Å². The van der Waals surface area contributed by atoms with Crippen molar-refractivity contribution in [3.05, 3.63) is 80.4 Å². The first-order chi connectivity index (χ1) is 12.7. The molecule has 0 nitrogen and oxygen atoms in total. The lowest BCUT2D eigenvalue weighted by Crippen LogP contribution is -1.80. The van der Waals surface area contributed by atoms with E-state index in [1.807, 2.05) is 0 Å². The lowest BCUT2D eigenvalue weighted by Gasteiger charge is -2.05. The van der Waals surface area contributed by atoms with Gasteiger partial charge in [0.15, 0.2) is 0 Å². The Morgan fingerprint density at radius 1 is 0.500 bits per heavy atom. The number of benzene rings is 3. The van der Waals surface area contributed by atoms with E-state index in [0.29, 0.717) is 0 Å². The van der Waals surface area contributed by atoms with Gasteiger partial charge in [-0.2, -0.15) is 0 Å². The molecule has 2 heterocycles. The highest BCUT2D eigenvalue weighted by Gasteiger charge is 2.14. The molecule has 0 fully saturated rings. The highest BCUT2D eigenvalue weighted by atomic mass is 79.9. The van der Waals surface area contributed by atoms with Crippen molar-refractivity contribution < 1.29 is 0 Å². The lowest BCUT2D eigenvalue weighted by atomic mass is 9.99. The zero-order chi connectivity index (χ0) is 17.7. The third-order valence-corrected chi connectivity index (χ3v) is 8.25. The molecule has 0 N–H and O–H groups in total. The lowest BCUT2D eigenvalue weighted by molar-refractivity contribution is 1.65. The van der Waals surface area contributed by atoms with Crippen LogP contribution in [0.3, 0.4) is 0 Å². The summed E-state index contributed by atoms with van der Waals surface area (Å²) in [4.78, 5) is 0. The largest absolute Gasteiger partial charge is 0.128 e. The maximum Gasteiger partial charge on any atom is 0.0789 e. The number of hydrogen-bond acceptors (Lipinski definition) is 2. The van der Waals surface area contributed by atoms with Gasteiger partial charge in [-0.05, 0) is 55.1 Å². The van der Waals surface area contributed by atoms with E-state index in [4.69, 9.17) is 0 Å². The van der Waals surface area contributed by atoms with Crippen molar-refractivity contribution in [1.29, 1.82) is 0 Å². The highest BCUT2D eigenvalue weighted by Crippen LogP contribution is 2.45. The summed E-state index contributed by atoms with van der Waals surface area (Å²) in [6.45, 7) is 0. The minimum absolute atomic E-state index is 1.19. The topological polar surface area (TPSA) is 0 Å². The molecule has 0 aliphatic rings. The SMILES string of the molecule is Brc1sc2ccccc2c1-c1ccc(-c2c(Br)sc3ccccc23)cc1. The van der Waals surface area contributed by atoms with E-state index in [-0.39, 0.29) is 0 Å². The van der Waals surface area contributed by atoms with E-state index >= 15 is 0 Å². The van der Waals surface area contributed by atoms with Crippen molar-refractivity contribution in [3.63, 3.8) is 0 Å². The van der Waals surface area contributed by atoms with E-state index in [0.717, 1.165) is 0 Å². The first-order valence-electron chi connectivity index (χ1n) is 8.17. The second kappa shape index (κ2) is 6.61. The highest BCUT2D eigenvalue weighted by molar-refractivity contribution is 9.11. The molecule has 4 heteroatoms. The average Bonchev–Trinajstić information content (AvgIpc) is 3.17. The molecule has 0 amide bonds. The van der Waals surface area contributed by atoms with E-state index in [2.05, 4.69) is 105 Å². The molecule has 0 radical (unpaired) electrons. The molecule has 0 saturated heterocycles. The molecular weight excluding hydrogens is 488 g/mol. The van der Waals surface area contributed by atoms with Crippen LogP contribution in [0.5, 0.6) is 0 Å². The summed E-state index contributed by atoms with van der Waals surface area (Å²) in [6.07, 6.45) is 0. The zero-order valence-electron chi connectivity index (χ0n) is 13.5. The van der Waals surface area contributed by atoms with Crippen molar-refractivity contribution in [3.8, 4) is 22.3 Å². The van der Waals surface area contributed by atoms with Gasteiger partial charge in [-0.15, -0.1) is 22.7 Å². The van der Waals surface area contributed by atoms with E-state index in [9.17, 15) is 0 Å². The molecule has 3 aromatic carbocycles. The van der Waals surface area contributed by atoms with Crippen LogP contribution in [0.1, 0.15) is 0 Å². The fourth-order valence-corrected chi connectivity index (χ4v) is 7.20. The molecule has 5 rings (SSSR count). The second-order valence-corrected chi connectivity index (χ2v) is 10.8. The van der Waals surface area contributed by atoms with Crippen LogP contribution >= 0.6 is 54.5 Å². The second-order valence-electron chi connectivity index (χ2n) is 6.07. The third-order valence-electron chi connectivity index (χ3n) is 4.57. The van der Waals surface area contributed by atoms with Crippen LogP contribution in [0.25, 0.3) is 42.4 Å². The maximum atomic E-state index is 3.76. The van der Waals surface area contributed by atoms with Gasteiger partial charge in [-0.25, -0.2) is 0 Å². The Morgan fingerprint density at radius 2 is 0.885 bits per heavy atom. The monoisotopic (exact) mass is 498 g/mol. The summed E-state index contributed by atoms with van der Waals surface area (Å²) in [7, 11) is 0. The summed E-state index contributed by atoms with van der Waals surface area (Å²) in [5.74, 6) is 0. The number of halogens is 2. The van der Waals surface area contributed by atoms with Crippen LogP contribution in [0, 0.1) is 0 Å². The predicted molar refractivity (Wildman–Crippen MR) is 123 cm³/mol. The Hall–Kier alpha value is -1.46. The maximum absolute atomic E-state index is 3.76. The minimum atomic E-state index is 1.19. The minimum Gasteiger partial charge on any atom is -0.128 e. The van der Waals surface area contributed by atoms with Gasteiger partial charge >= 0.3 is 0 Å². The molecular formula is C22H12Br2S2. The number of fused-ring (bicyclic) bond motifs is 2. The van der Waals surface area contributed by atoms with Crippen molar-refractivity contribution in [2.24, 2.45) is 0 Å². The Morgan fingerprint density at radius 3 is 1.31 bits per heavy atom. The van der Waals surface area contributed by atoms with Crippen LogP contribution < -0.4 is 0 Å². The van der Waals surface area contributed by atoms with Gasteiger partial charge in [0.1, 0.15) is 0 Å². The predicted octanol–water partition coefficient (Wildman–Crippen LogP) is 8.97. The Balaban J connectivity index is 1.65. The summed E-state index contributed by atoms with van der Waals surface area (Å²) in [5, 5.41) is 2.61. The molecule has 5 aromatic rings. The van der Waals surface area contributed by atoms with Crippen molar-refractivity contribution in [2.75, 3.05) is 0 Å². The van der Waals surface area contributed by atoms with E-state index in [1.165, 1.54) is 50.0 Å². The van der Waals surface area contributed by atoms with Crippen LogP contribution in [0.4, 0.5) is 0 Å². The first-order valence-corrected chi connectivity index (χ1v) is 11.4. The molecule has 2 aromatic heterocycles. The number of rotatable bonds is 2. The quantitative estimate of drug-likeness (QED) is 0.227. The van der Waals surface area contributed by atoms with Crippen LogP contribution in [0.15, 0.2) is 80.4 Å². The Bertz CT molecular complexity index is 1150. The molecule has 0 saturated carbocycles. The van der Waals surface area contributed by atoms with Gasteiger partial charge in [0.2, 0.25) is 0 Å². The average molecular weight is 500 g/mol. The van der Waals surface area contributed by atoms with Crippen molar-refractivity contribution >= 4 is 74.7 Å². The number of hydrogen-bond donors (Lipinski definition) is 0. The summed E-state index contributed by atoms with van der Waals surface area (Å²) in [6, 6.07) is 26.1. The summed E-state index contributed by atoms with van der Waals surface area (Å²) >= 11 is 11.1. The molecule has 126 valence electrons. The standard InChI is InChI=1S/C22H12Br2S2/c23-21-19(15-5-1-3-7-17(15)25-21)13-9-11-14(12-10-13)20-16-6-2-4-8-18(16)26-22(20)24/h1-12H. The molecule has 0 aliphatic carbocycles. The van der Waals surface area contributed by atoms with Gasteiger partial charge in [0.25, 0.3) is 0 Å². The van der Waals surface area contributed by atoms with Crippen LogP contribution in [-0.4, -0.2) is 0 Å². The normalized spacial score (nSPS) is 11.5. The van der Waals surface area contributed by atoms with Gasteiger partial charge < -0.3 is 0 Å². The molecule has 0 bridgehead atoms. The van der Waals surface area contributed by atoms with Crippen molar-refractivity contribution in [2.45, 2.75) is 0 Å². The Labute approximate surface area is 176 Å². The Kier molecular flexibility index (Phi) is 4.24. The van der Waals surface area contributed by atoms with Gasteiger partial charge in [0, 0.05) is 31.3 Å². The van der Waals surface area contributed by atoms with Crippen LogP contribution in [-0.2, 0) is 0 Å². The summed E-state index contributed by atoms with van der Waals surface area (Å²) < 4.78 is 5.00. The first kappa shape index (κ1) is 16.7.